The molecule has 0 amide bonds. The van der Waals surface area contributed by atoms with Crippen LogP contribution in [0.4, 0.5) is 0 Å². The van der Waals surface area contributed by atoms with Gasteiger partial charge in [-0.2, -0.15) is 0 Å². The summed E-state index contributed by atoms with van der Waals surface area (Å²) in [6.07, 6.45) is 2.55. The predicted molar refractivity (Wildman–Crippen MR) is 48.7 cm³/mol. The minimum Gasteiger partial charge on any atom is -0.395 e. The molecule has 0 heterocycles. The lowest BCUT2D eigenvalue weighted by Crippen LogP contribution is -2.27. The van der Waals surface area contributed by atoms with Crippen LogP contribution in [0.15, 0.2) is 0 Å². The molecule has 0 aromatic carbocycles. The van der Waals surface area contributed by atoms with E-state index in [0.717, 1.165) is 19.0 Å². The van der Waals surface area contributed by atoms with Gasteiger partial charge in [-0.15, -0.1) is 0 Å². The van der Waals surface area contributed by atoms with Gasteiger partial charge in [0, 0.05) is 13.1 Å². The molecule has 0 aliphatic carbocycles. The molecule has 0 aliphatic rings. The van der Waals surface area contributed by atoms with Gasteiger partial charge in [0.05, 0.1) is 6.61 Å². The van der Waals surface area contributed by atoms with Crippen molar-refractivity contribution < 1.29 is 5.11 Å². The highest BCUT2D eigenvalue weighted by molar-refractivity contribution is 4.57. The summed E-state index contributed by atoms with van der Waals surface area (Å²) in [6.45, 7) is 6.65. The quantitative estimate of drug-likeness (QED) is 0.632. The standard InChI is InChI=1S/C9H21NO/c1-4-5-9(2)8-10(3)6-7-11/h9,11H,4-8H2,1-3H3. The van der Waals surface area contributed by atoms with Crippen molar-refractivity contribution in [1.29, 1.82) is 0 Å². The summed E-state index contributed by atoms with van der Waals surface area (Å²) in [5.41, 5.74) is 0. The van der Waals surface area contributed by atoms with Crippen LogP contribution in [0, 0.1) is 5.92 Å². The van der Waals surface area contributed by atoms with Gasteiger partial charge in [-0.25, -0.2) is 0 Å². The van der Waals surface area contributed by atoms with Gasteiger partial charge < -0.3 is 10.0 Å². The zero-order chi connectivity index (χ0) is 8.69. The molecular formula is C9H21NO. The minimum absolute atomic E-state index is 0.273. The maximum absolute atomic E-state index is 8.64. The Morgan fingerprint density at radius 3 is 2.55 bits per heavy atom. The monoisotopic (exact) mass is 159 g/mol. The number of hydrogen-bond donors (Lipinski definition) is 1. The second-order valence-electron chi connectivity index (χ2n) is 3.38. The lowest BCUT2D eigenvalue weighted by Gasteiger charge is -2.19. The lowest BCUT2D eigenvalue weighted by atomic mass is 10.1. The van der Waals surface area contributed by atoms with Crippen molar-refractivity contribution in [2.24, 2.45) is 5.92 Å². The van der Waals surface area contributed by atoms with Crippen molar-refractivity contribution in [3.05, 3.63) is 0 Å². The summed E-state index contributed by atoms with van der Waals surface area (Å²) in [7, 11) is 2.06. The number of rotatable bonds is 6. The van der Waals surface area contributed by atoms with E-state index in [4.69, 9.17) is 5.11 Å². The number of likely N-dealkylation sites (N-methyl/N-ethyl adjacent to an activating group) is 1. The summed E-state index contributed by atoms with van der Waals surface area (Å²) in [5, 5.41) is 8.64. The number of aliphatic hydroxyl groups excluding tert-OH is 1. The molecule has 1 atom stereocenters. The van der Waals surface area contributed by atoms with Crippen molar-refractivity contribution in [2.45, 2.75) is 26.7 Å². The van der Waals surface area contributed by atoms with Crippen molar-refractivity contribution >= 4 is 0 Å². The van der Waals surface area contributed by atoms with Gasteiger partial charge in [-0.05, 0) is 19.4 Å². The lowest BCUT2D eigenvalue weighted by molar-refractivity contribution is 0.203. The van der Waals surface area contributed by atoms with Crippen LogP contribution >= 0.6 is 0 Å². The maximum atomic E-state index is 8.64. The largest absolute Gasteiger partial charge is 0.395 e. The molecule has 2 heteroatoms. The molecule has 0 saturated carbocycles. The van der Waals surface area contributed by atoms with E-state index in [9.17, 15) is 0 Å². The Bertz CT molecular complexity index is 75.6. The zero-order valence-electron chi connectivity index (χ0n) is 8.01. The Morgan fingerprint density at radius 1 is 1.45 bits per heavy atom. The van der Waals surface area contributed by atoms with Crippen LogP contribution in [0.3, 0.4) is 0 Å². The van der Waals surface area contributed by atoms with E-state index < -0.39 is 0 Å². The fourth-order valence-electron chi connectivity index (χ4n) is 1.38. The molecule has 11 heavy (non-hydrogen) atoms. The molecule has 0 saturated heterocycles. The molecule has 68 valence electrons. The first-order valence-corrected chi connectivity index (χ1v) is 4.50. The SMILES string of the molecule is CCCC(C)CN(C)CCO. The topological polar surface area (TPSA) is 23.5 Å². The predicted octanol–water partition coefficient (Wildman–Crippen LogP) is 1.35. The van der Waals surface area contributed by atoms with Gasteiger partial charge in [0.25, 0.3) is 0 Å². The first-order chi connectivity index (χ1) is 5.20. The van der Waals surface area contributed by atoms with E-state index in [-0.39, 0.29) is 6.61 Å². The van der Waals surface area contributed by atoms with Crippen molar-refractivity contribution in [3.63, 3.8) is 0 Å². The molecular weight excluding hydrogens is 138 g/mol. The van der Waals surface area contributed by atoms with Crippen LogP contribution in [-0.4, -0.2) is 36.8 Å². The van der Waals surface area contributed by atoms with Crippen LogP contribution in [-0.2, 0) is 0 Å². The van der Waals surface area contributed by atoms with E-state index in [0.29, 0.717) is 0 Å². The molecule has 0 rings (SSSR count). The number of hydrogen-bond acceptors (Lipinski definition) is 2. The normalized spacial score (nSPS) is 13.9. The summed E-state index contributed by atoms with van der Waals surface area (Å²) in [5.74, 6) is 0.761. The molecule has 0 aliphatic heterocycles. The highest BCUT2D eigenvalue weighted by Crippen LogP contribution is 2.05. The summed E-state index contributed by atoms with van der Waals surface area (Å²) in [6, 6.07) is 0. The highest BCUT2D eigenvalue weighted by atomic mass is 16.3. The average molecular weight is 159 g/mol. The van der Waals surface area contributed by atoms with Crippen LogP contribution in [0.25, 0.3) is 0 Å². The van der Waals surface area contributed by atoms with E-state index in [1.807, 2.05) is 0 Å². The van der Waals surface area contributed by atoms with Gasteiger partial charge >= 0.3 is 0 Å². The third kappa shape index (κ3) is 6.32. The van der Waals surface area contributed by atoms with Crippen molar-refractivity contribution in [3.8, 4) is 0 Å². The first kappa shape index (κ1) is 10.9. The molecule has 0 spiro atoms. The zero-order valence-corrected chi connectivity index (χ0v) is 8.01. The summed E-state index contributed by atoms with van der Waals surface area (Å²) in [4.78, 5) is 2.18. The maximum Gasteiger partial charge on any atom is 0.0558 e. The third-order valence-electron chi connectivity index (χ3n) is 1.89. The Hall–Kier alpha value is -0.0800. The van der Waals surface area contributed by atoms with Gasteiger partial charge in [-0.3, -0.25) is 0 Å². The smallest absolute Gasteiger partial charge is 0.0558 e. The van der Waals surface area contributed by atoms with Gasteiger partial charge in [0.2, 0.25) is 0 Å². The molecule has 0 radical (unpaired) electrons. The van der Waals surface area contributed by atoms with E-state index >= 15 is 0 Å². The fourth-order valence-corrected chi connectivity index (χ4v) is 1.38. The Labute approximate surface area is 70.2 Å². The Kier molecular flexibility index (Phi) is 6.57. The van der Waals surface area contributed by atoms with Gasteiger partial charge in [-0.1, -0.05) is 20.3 Å². The number of aliphatic hydroxyl groups is 1. The van der Waals surface area contributed by atoms with Crippen molar-refractivity contribution in [1.82, 2.24) is 4.90 Å². The van der Waals surface area contributed by atoms with Gasteiger partial charge in [0.1, 0.15) is 0 Å². The Balaban J connectivity index is 3.32. The average Bonchev–Trinajstić information content (AvgIpc) is 1.87. The molecule has 0 aromatic rings. The number of nitrogens with zero attached hydrogens (tertiary/aromatic N) is 1. The van der Waals surface area contributed by atoms with Crippen LogP contribution < -0.4 is 0 Å². The third-order valence-corrected chi connectivity index (χ3v) is 1.89. The van der Waals surface area contributed by atoms with Crippen LogP contribution in [0.5, 0.6) is 0 Å². The molecule has 2 nitrogen and oxygen atoms in total. The highest BCUT2D eigenvalue weighted by Gasteiger charge is 2.03. The molecule has 1 N–H and O–H groups in total. The molecule has 0 aromatic heterocycles. The van der Waals surface area contributed by atoms with Gasteiger partial charge in [0.15, 0.2) is 0 Å². The van der Waals surface area contributed by atoms with Crippen molar-refractivity contribution in [2.75, 3.05) is 26.7 Å². The summed E-state index contributed by atoms with van der Waals surface area (Å²) >= 11 is 0. The van der Waals surface area contributed by atoms with Crippen LogP contribution in [0.1, 0.15) is 26.7 Å². The Morgan fingerprint density at radius 2 is 2.09 bits per heavy atom. The summed E-state index contributed by atoms with van der Waals surface area (Å²) < 4.78 is 0. The van der Waals surface area contributed by atoms with E-state index in [1.54, 1.807) is 0 Å². The first-order valence-electron chi connectivity index (χ1n) is 4.50. The second-order valence-corrected chi connectivity index (χ2v) is 3.38. The van der Waals surface area contributed by atoms with Crippen LogP contribution in [0.2, 0.25) is 0 Å². The fraction of sp³-hybridized carbons (Fsp3) is 1.00. The molecule has 0 bridgehead atoms. The molecule has 0 fully saturated rings. The minimum atomic E-state index is 0.273. The second kappa shape index (κ2) is 6.62. The molecule has 1 unspecified atom stereocenters. The van der Waals surface area contributed by atoms with E-state index in [2.05, 4.69) is 25.8 Å². The van der Waals surface area contributed by atoms with E-state index in [1.165, 1.54) is 12.8 Å².